The number of alkyl halides is 3. The van der Waals surface area contributed by atoms with Crippen LogP contribution in [0.3, 0.4) is 0 Å². The van der Waals surface area contributed by atoms with E-state index in [0.29, 0.717) is 31.7 Å². The lowest BCUT2D eigenvalue weighted by Gasteiger charge is -2.33. The number of methoxy groups -OCH3 is 1. The maximum absolute atomic E-state index is 13.2. The Hall–Kier alpha value is -3.55. The molecule has 1 atom stereocenters. The van der Waals surface area contributed by atoms with Crippen molar-refractivity contribution >= 4 is 11.7 Å². The fraction of sp³-hybridized carbons (Fsp3) is 0.308. The van der Waals surface area contributed by atoms with Crippen LogP contribution in [0.25, 0.3) is 0 Å². The maximum atomic E-state index is 13.2. The van der Waals surface area contributed by atoms with Crippen LogP contribution in [-0.2, 0) is 11.0 Å². The normalized spacial score (nSPS) is 15.6. The number of benzene rings is 2. The van der Waals surface area contributed by atoms with Crippen molar-refractivity contribution < 1.29 is 22.7 Å². The highest BCUT2D eigenvalue weighted by atomic mass is 19.4. The number of nitrogens with one attached hydrogen (secondary N) is 1. The van der Waals surface area contributed by atoms with Crippen molar-refractivity contribution in [2.24, 2.45) is 5.92 Å². The maximum Gasteiger partial charge on any atom is 0.417 e. The van der Waals surface area contributed by atoms with Crippen molar-refractivity contribution in [1.29, 1.82) is 0 Å². The molecule has 1 aliphatic heterocycles. The molecule has 4 rings (SSSR count). The van der Waals surface area contributed by atoms with Gasteiger partial charge in [0.25, 0.3) is 0 Å². The first kappa shape index (κ1) is 23.6. The predicted molar refractivity (Wildman–Crippen MR) is 124 cm³/mol. The molecule has 1 fully saturated rings. The highest BCUT2D eigenvalue weighted by Crippen LogP contribution is 2.31. The van der Waals surface area contributed by atoms with Gasteiger partial charge < -0.3 is 15.0 Å². The van der Waals surface area contributed by atoms with Crippen molar-refractivity contribution in [1.82, 2.24) is 10.3 Å². The van der Waals surface area contributed by atoms with E-state index >= 15 is 0 Å². The number of pyridine rings is 1. The van der Waals surface area contributed by atoms with Crippen molar-refractivity contribution in [2.75, 3.05) is 25.1 Å². The number of carbonyl (C=O) groups is 1. The second kappa shape index (κ2) is 10.2. The number of nitrogens with zero attached hydrogens (tertiary/aromatic N) is 2. The van der Waals surface area contributed by atoms with Crippen molar-refractivity contribution in [3.8, 4) is 5.75 Å². The van der Waals surface area contributed by atoms with Gasteiger partial charge in [0.2, 0.25) is 5.91 Å². The average molecular weight is 470 g/mol. The van der Waals surface area contributed by atoms with Gasteiger partial charge in [0.05, 0.1) is 18.7 Å². The molecule has 1 amide bonds. The van der Waals surface area contributed by atoms with Crippen LogP contribution in [0.5, 0.6) is 5.75 Å². The Balaban J connectivity index is 1.42. The molecular weight excluding hydrogens is 443 g/mol. The Bertz CT molecular complexity index is 1080. The summed E-state index contributed by atoms with van der Waals surface area (Å²) >= 11 is 0. The summed E-state index contributed by atoms with van der Waals surface area (Å²) in [6.07, 6.45) is -2.36. The first-order valence-electron chi connectivity index (χ1n) is 11.1. The summed E-state index contributed by atoms with van der Waals surface area (Å²) in [6, 6.07) is 19.5. The number of carbonyl (C=O) groups excluding carboxylic acids is 1. The lowest BCUT2D eigenvalue weighted by molar-refractivity contribution is -0.137. The number of piperidine rings is 1. The quantitative estimate of drug-likeness (QED) is 0.537. The molecule has 0 bridgehead atoms. The van der Waals surface area contributed by atoms with Gasteiger partial charge in [-0.05, 0) is 48.2 Å². The number of hydrogen-bond acceptors (Lipinski definition) is 4. The highest BCUT2D eigenvalue weighted by molar-refractivity contribution is 5.80. The van der Waals surface area contributed by atoms with Crippen LogP contribution in [0.1, 0.15) is 35.6 Å². The van der Waals surface area contributed by atoms with Crippen LogP contribution >= 0.6 is 0 Å². The molecule has 5 nitrogen and oxygen atoms in total. The van der Waals surface area contributed by atoms with Crippen LogP contribution in [-0.4, -0.2) is 31.1 Å². The summed E-state index contributed by atoms with van der Waals surface area (Å²) in [5.41, 5.74) is 1.16. The zero-order chi connectivity index (χ0) is 24.1. The first-order chi connectivity index (χ1) is 16.3. The predicted octanol–water partition coefficient (Wildman–Crippen LogP) is 5.23. The minimum Gasteiger partial charge on any atom is -0.497 e. The minimum atomic E-state index is -4.41. The molecule has 8 heteroatoms. The van der Waals surface area contributed by atoms with E-state index in [9.17, 15) is 18.0 Å². The lowest BCUT2D eigenvalue weighted by atomic mass is 9.93. The summed E-state index contributed by atoms with van der Waals surface area (Å²) in [5.74, 6) is 1.01. The number of amides is 1. The van der Waals surface area contributed by atoms with Gasteiger partial charge in [0, 0.05) is 25.2 Å². The number of hydrogen-bond donors (Lipinski definition) is 1. The number of halogens is 3. The molecule has 34 heavy (non-hydrogen) atoms. The van der Waals surface area contributed by atoms with Crippen molar-refractivity contribution in [2.45, 2.75) is 25.1 Å². The summed E-state index contributed by atoms with van der Waals surface area (Å²) in [7, 11) is 1.61. The Kier molecular flexibility index (Phi) is 7.05. The van der Waals surface area contributed by atoms with E-state index in [1.165, 1.54) is 6.07 Å². The number of anilines is 1. The van der Waals surface area contributed by atoms with Gasteiger partial charge >= 0.3 is 6.18 Å². The van der Waals surface area contributed by atoms with Gasteiger partial charge in [-0.2, -0.15) is 13.2 Å². The highest BCUT2D eigenvalue weighted by Gasteiger charge is 2.32. The summed E-state index contributed by atoms with van der Waals surface area (Å²) in [5, 5.41) is 3.20. The molecule has 2 aromatic carbocycles. The first-order valence-corrected chi connectivity index (χ1v) is 11.1. The van der Waals surface area contributed by atoms with Gasteiger partial charge in [-0.1, -0.05) is 42.5 Å². The minimum absolute atomic E-state index is 0.0373. The third-order valence-electron chi connectivity index (χ3n) is 6.13. The molecule has 2 heterocycles. The van der Waals surface area contributed by atoms with Crippen molar-refractivity contribution in [3.63, 3.8) is 0 Å². The molecule has 0 saturated carbocycles. The van der Waals surface area contributed by atoms with Gasteiger partial charge in [-0.3, -0.25) is 4.79 Å². The Labute approximate surface area is 196 Å². The fourth-order valence-electron chi connectivity index (χ4n) is 4.17. The third kappa shape index (κ3) is 5.50. The molecule has 3 aromatic rings. The van der Waals surface area contributed by atoms with Crippen LogP contribution in [0, 0.1) is 5.92 Å². The third-order valence-corrected chi connectivity index (χ3v) is 6.13. The number of rotatable bonds is 6. The van der Waals surface area contributed by atoms with Gasteiger partial charge in [0.1, 0.15) is 11.6 Å². The van der Waals surface area contributed by atoms with Gasteiger partial charge in [0.15, 0.2) is 0 Å². The zero-order valence-corrected chi connectivity index (χ0v) is 18.8. The van der Waals surface area contributed by atoms with E-state index in [2.05, 4.69) is 10.3 Å². The summed E-state index contributed by atoms with van der Waals surface area (Å²) < 4.78 is 43.6. The van der Waals surface area contributed by atoms with E-state index < -0.39 is 11.7 Å². The van der Waals surface area contributed by atoms with Crippen LogP contribution in [0.15, 0.2) is 72.9 Å². The van der Waals surface area contributed by atoms with Crippen LogP contribution in [0.4, 0.5) is 19.0 Å². The Morgan fingerprint density at radius 2 is 1.65 bits per heavy atom. The summed E-state index contributed by atoms with van der Waals surface area (Å²) in [4.78, 5) is 19.1. The molecule has 1 N–H and O–H groups in total. The Morgan fingerprint density at radius 3 is 2.21 bits per heavy atom. The molecule has 0 radical (unpaired) electrons. The standard InChI is InChI=1S/C26H26F3N3O2/c1-34-22-10-7-19(8-11-22)24(18-5-3-2-4-6-18)31-25(33)20-13-15-32(16-14-20)23-12-9-21(17-30-23)26(27,28)29/h2-12,17,20,24H,13-16H2,1H3,(H,31,33)/t24-/m0/s1. The molecule has 178 valence electrons. The van der Waals surface area contributed by atoms with Gasteiger partial charge in [-0.15, -0.1) is 0 Å². The van der Waals surface area contributed by atoms with Gasteiger partial charge in [-0.25, -0.2) is 4.98 Å². The topological polar surface area (TPSA) is 54.5 Å². The second-order valence-corrected chi connectivity index (χ2v) is 8.29. The van der Waals surface area contributed by atoms with E-state index in [-0.39, 0.29) is 17.9 Å². The largest absolute Gasteiger partial charge is 0.497 e. The van der Waals surface area contributed by atoms with E-state index in [1.807, 2.05) is 59.5 Å². The molecule has 1 aliphatic rings. The molecule has 0 aliphatic carbocycles. The summed E-state index contributed by atoms with van der Waals surface area (Å²) in [6.45, 7) is 1.10. The van der Waals surface area contributed by atoms with E-state index in [0.717, 1.165) is 29.1 Å². The van der Waals surface area contributed by atoms with E-state index in [1.54, 1.807) is 7.11 Å². The van der Waals surface area contributed by atoms with E-state index in [4.69, 9.17) is 4.74 Å². The SMILES string of the molecule is COc1ccc([C@@H](NC(=O)C2CCN(c3ccc(C(F)(F)F)cn3)CC2)c2ccccc2)cc1. The second-order valence-electron chi connectivity index (χ2n) is 8.29. The monoisotopic (exact) mass is 469 g/mol. The average Bonchev–Trinajstić information content (AvgIpc) is 2.87. The zero-order valence-electron chi connectivity index (χ0n) is 18.8. The lowest BCUT2D eigenvalue weighted by Crippen LogP contribution is -2.42. The van der Waals surface area contributed by atoms with Crippen LogP contribution < -0.4 is 15.0 Å². The number of aromatic nitrogens is 1. The molecule has 1 aromatic heterocycles. The molecule has 1 saturated heterocycles. The molecular formula is C26H26F3N3O2. The Morgan fingerprint density at radius 1 is 1.00 bits per heavy atom. The molecule has 0 unspecified atom stereocenters. The van der Waals surface area contributed by atoms with Crippen molar-refractivity contribution in [3.05, 3.63) is 89.6 Å². The number of ether oxygens (including phenoxy) is 1. The fourth-order valence-corrected chi connectivity index (χ4v) is 4.17. The molecule has 0 spiro atoms. The smallest absolute Gasteiger partial charge is 0.417 e. The van der Waals surface area contributed by atoms with Crippen LogP contribution in [0.2, 0.25) is 0 Å².